The fourth-order valence-electron chi connectivity index (χ4n) is 2.39. The van der Waals surface area contributed by atoms with E-state index in [0.29, 0.717) is 6.04 Å². The summed E-state index contributed by atoms with van der Waals surface area (Å²) in [6.07, 6.45) is 5.72. The van der Waals surface area contributed by atoms with Gasteiger partial charge in [-0.05, 0) is 43.2 Å². The molecule has 1 heterocycles. The molecular weight excluding hydrogens is 186 g/mol. The Labute approximate surface area is 92.1 Å². The van der Waals surface area contributed by atoms with E-state index in [1.54, 1.807) is 6.26 Å². The zero-order valence-corrected chi connectivity index (χ0v) is 9.70. The van der Waals surface area contributed by atoms with E-state index >= 15 is 0 Å². The summed E-state index contributed by atoms with van der Waals surface area (Å²) in [4.78, 5) is 0. The van der Waals surface area contributed by atoms with Crippen LogP contribution in [-0.2, 0) is 6.54 Å². The van der Waals surface area contributed by atoms with Crippen molar-refractivity contribution in [1.82, 2.24) is 5.32 Å². The van der Waals surface area contributed by atoms with Crippen LogP contribution in [0.25, 0.3) is 0 Å². The lowest BCUT2D eigenvalue weighted by Crippen LogP contribution is -2.35. The van der Waals surface area contributed by atoms with Crippen LogP contribution in [0.4, 0.5) is 0 Å². The second-order valence-corrected chi connectivity index (χ2v) is 4.92. The van der Waals surface area contributed by atoms with Crippen molar-refractivity contribution in [3.63, 3.8) is 0 Å². The molecule has 1 aliphatic rings. The van der Waals surface area contributed by atoms with Crippen LogP contribution in [0.3, 0.4) is 0 Å². The van der Waals surface area contributed by atoms with Crippen molar-refractivity contribution in [3.05, 3.63) is 24.2 Å². The van der Waals surface area contributed by atoms with E-state index in [9.17, 15) is 0 Å². The highest BCUT2D eigenvalue weighted by Gasteiger charge is 2.23. The summed E-state index contributed by atoms with van der Waals surface area (Å²) in [6, 6.07) is 4.66. The van der Waals surface area contributed by atoms with E-state index < -0.39 is 0 Å². The normalized spacial score (nSPS) is 31.7. The summed E-state index contributed by atoms with van der Waals surface area (Å²) in [5.74, 6) is 2.79. The third-order valence-corrected chi connectivity index (χ3v) is 3.74. The van der Waals surface area contributed by atoms with Gasteiger partial charge in [-0.25, -0.2) is 0 Å². The average Bonchev–Trinajstić information content (AvgIpc) is 2.73. The standard InChI is InChI=1S/C13H21NO/c1-10-5-6-12(8-11(10)2)14-9-13-4-3-7-15-13/h3-4,7,10-12,14H,5-6,8-9H2,1-2H3/t10-,11-,12-/m1/s1. The molecule has 2 nitrogen and oxygen atoms in total. The second kappa shape index (κ2) is 4.84. The van der Waals surface area contributed by atoms with Gasteiger partial charge in [0.1, 0.15) is 5.76 Å². The fourth-order valence-corrected chi connectivity index (χ4v) is 2.39. The van der Waals surface area contributed by atoms with Crippen molar-refractivity contribution in [1.29, 1.82) is 0 Å². The predicted octanol–water partition coefficient (Wildman–Crippen LogP) is 3.19. The van der Waals surface area contributed by atoms with Gasteiger partial charge >= 0.3 is 0 Å². The van der Waals surface area contributed by atoms with Gasteiger partial charge in [0.25, 0.3) is 0 Å². The largest absolute Gasteiger partial charge is 0.468 e. The highest BCUT2D eigenvalue weighted by atomic mass is 16.3. The molecule has 1 aromatic heterocycles. The Morgan fingerprint density at radius 3 is 2.87 bits per heavy atom. The van der Waals surface area contributed by atoms with Crippen LogP contribution in [0.15, 0.2) is 22.8 Å². The van der Waals surface area contributed by atoms with Crippen LogP contribution in [0.1, 0.15) is 38.9 Å². The Balaban J connectivity index is 1.76. The Morgan fingerprint density at radius 1 is 1.33 bits per heavy atom. The molecular formula is C13H21NO. The highest BCUT2D eigenvalue weighted by molar-refractivity contribution is 4.98. The molecule has 2 heteroatoms. The molecule has 1 fully saturated rings. The lowest BCUT2D eigenvalue weighted by Gasteiger charge is -2.32. The minimum absolute atomic E-state index is 0.682. The minimum atomic E-state index is 0.682. The smallest absolute Gasteiger partial charge is 0.117 e. The van der Waals surface area contributed by atoms with E-state index in [1.165, 1.54) is 19.3 Å². The SMILES string of the molecule is C[C@@H]1CC[C@@H](NCc2ccco2)C[C@H]1C. The summed E-state index contributed by atoms with van der Waals surface area (Å²) in [5, 5.41) is 3.58. The second-order valence-electron chi connectivity index (χ2n) is 4.92. The van der Waals surface area contributed by atoms with E-state index in [1.807, 2.05) is 12.1 Å². The number of hydrogen-bond donors (Lipinski definition) is 1. The third-order valence-electron chi connectivity index (χ3n) is 3.74. The topological polar surface area (TPSA) is 25.2 Å². The number of rotatable bonds is 3. The van der Waals surface area contributed by atoms with Gasteiger partial charge in [0.15, 0.2) is 0 Å². The van der Waals surface area contributed by atoms with Gasteiger partial charge in [0.05, 0.1) is 12.8 Å². The molecule has 1 saturated carbocycles. The Kier molecular flexibility index (Phi) is 3.47. The molecule has 0 amide bonds. The first-order chi connectivity index (χ1) is 7.25. The Bertz CT molecular complexity index is 281. The van der Waals surface area contributed by atoms with E-state index in [0.717, 1.165) is 24.1 Å². The number of furan rings is 1. The zero-order valence-electron chi connectivity index (χ0n) is 9.70. The lowest BCUT2D eigenvalue weighted by molar-refractivity contribution is 0.223. The maximum Gasteiger partial charge on any atom is 0.117 e. The van der Waals surface area contributed by atoms with E-state index in [4.69, 9.17) is 4.42 Å². The maximum atomic E-state index is 5.31. The number of nitrogens with one attached hydrogen (secondary N) is 1. The third kappa shape index (κ3) is 2.85. The van der Waals surface area contributed by atoms with Crippen molar-refractivity contribution in [2.75, 3.05) is 0 Å². The molecule has 84 valence electrons. The van der Waals surface area contributed by atoms with Gasteiger partial charge in [-0.15, -0.1) is 0 Å². The average molecular weight is 207 g/mol. The quantitative estimate of drug-likeness (QED) is 0.823. The molecule has 0 unspecified atom stereocenters. The zero-order chi connectivity index (χ0) is 10.7. The molecule has 2 rings (SSSR count). The summed E-state index contributed by atoms with van der Waals surface area (Å²) in [6.45, 7) is 5.61. The molecule has 1 N–H and O–H groups in total. The summed E-state index contributed by atoms with van der Waals surface area (Å²) in [5.41, 5.74) is 0. The van der Waals surface area contributed by atoms with Gasteiger partial charge in [-0.3, -0.25) is 0 Å². The minimum Gasteiger partial charge on any atom is -0.468 e. The fraction of sp³-hybridized carbons (Fsp3) is 0.692. The van der Waals surface area contributed by atoms with Crippen LogP contribution in [0, 0.1) is 11.8 Å². The molecule has 0 spiro atoms. The molecule has 15 heavy (non-hydrogen) atoms. The number of hydrogen-bond acceptors (Lipinski definition) is 2. The molecule has 0 aromatic carbocycles. The van der Waals surface area contributed by atoms with Crippen molar-refractivity contribution >= 4 is 0 Å². The van der Waals surface area contributed by atoms with Crippen LogP contribution in [0.5, 0.6) is 0 Å². The van der Waals surface area contributed by atoms with Crippen molar-refractivity contribution < 1.29 is 4.42 Å². The molecule has 0 radical (unpaired) electrons. The summed E-state index contributed by atoms with van der Waals surface area (Å²) in [7, 11) is 0. The first kappa shape index (κ1) is 10.7. The molecule has 1 aliphatic carbocycles. The van der Waals surface area contributed by atoms with Crippen LogP contribution >= 0.6 is 0 Å². The van der Waals surface area contributed by atoms with Gasteiger partial charge in [-0.1, -0.05) is 13.8 Å². The van der Waals surface area contributed by atoms with Crippen molar-refractivity contribution in [2.45, 2.75) is 45.7 Å². The summed E-state index contributed by atoms with van der Waals surface area (Å²) < 4.78 is 5.31. The first-order valence-corrected chi connectivity index (χ1v) is 6.01. The molecule has 0 bridgehead atoms. The molecule has 1 aromatic rings. The van der Waals surface area contributed by atoms with E-state index in [-0.39, 0.29) is 0 Å². The maximum absolute atomic E-state index is 5.31. The highest BCUT2D eigenvalue weighted by Crippen LogP contribution is 2.29. The van der Waals surface area contributed by atoms with Crippen molar-refractivity contribution in [3.8, 4) is 0 Å². The van der Waals surface area contributed by atoms with Gasteiger partial charge in [0, 0.05) is 6.04 Å². The Hall–Kier alpha value is -0.760. The predicted molar refractivity (Wildman–Crippen MR) is 61.5 cm³/mol. The Morgan fingerprint density at radius 2 is 2.20 bits per heavy atom. The monoisotopic (exact) mass is 207 g/mol. The van der Waals surface area contributed by atoms with Crippen LogP contribution in [-0.4, -0.2) is 6.04 Å². The summed E-state index contributed by atoms with van der Waals surface area (Å²) >= 11 is 0. The van der Waals surface area contributed by atoms with Crippen LogP contribution in [0.2, 0.25) is 0 Å². The molecule has 0 saturated heterocycles. The molecule has 0 aliphatic heterocycles. The lowest BCUT2D eigenvalue weighted by atomic mass is 9.79. The van der Waals surface area contributed by atoms with Gasteiger partial charge < -0.3 is 9.73 Å². The van der Waals surface area contributed by atoms with Gasteiger partial charge in [0.2, 0.25) is 0 Å². The first-order valence-electron chi connectivity index (χ1n) is 6.01. The van der Waals surface area contributed by atoms with Crippen molar-refractivity contribution in [2.24, 2.45) is 11.8 Å². The molecule has 3 atom stereocenters. The van der Waals surface area contributed by atoms with Gasteiger partial charge in [-0.2, -0.15) is 0 Å². The van der Waals surface area contributed by atoms with E-state index in [2.05, 4.69) is 19.2 Å². The van der Waals surface area contributed by atoms with Crippen LogP contribution < -0.4 is 5.32 Å².